The highest BCUT2D eigenvalue weighted by atomic mass is 19.4. The van der Waals surface area contributed by atoms with Crippen LogP contribution < -0.4 is 15.0 Å². The van der Waals surface area contributed by atoms with Crippen LogP contribution in [0.4, 0.5) is 24.5 Å². The summed E-state index contributed by atoms with van der Waals surface area (Å²) in [5, 5.41) is 6.79. The lowest BCUT2D eigenvalue weighted by Gasteiger charge is -2.40. The van der Waals surface area contributed by atoms with Crippen LogP contribution in [0.1, 0.15) is 27.2 Å². The highest BCUT2D eigenvalue weighted by molar-refractivity contribution is 6.04. The van der Waals surface area contributed by atoms with Crippen molar-refractivity contribution in [1.29, 1.82) is 0 Å². The summed E-state index contributed by atoms with van der Waals surface area (Å²) in [6, 6.07) is 7.66. The Kier molecular flexibility index (Phi) is 5.54. The summed E-state index contributed by atoms with van der Waals surface area (Å²) in [6.45, 7) is 5.04. The molecule has 11 heteroatoms. The van der Waals surface area contributed by atoms with Gasteiger partial charge in [0.05, 0.1) is 36.7 Å². The van der Waals surface area contributed by atoms with Gasteiger partial charge in [0.1, 0.15) is 17.5 Å². The summed E-state index contributed by atoms with van der Waals surface area (Å²) in [5.74, 6) is -0.0164. The van der Waals surface area contributed by atoms with Crippen LogP contribution in [-0.4, -0.2) is 44.7 Å². The minimum atomic E-state index is -4.55. The number of amides is 1. The third-order valence-corrected chi connectivity index (χ3v) is 5.75. The van der Waals surface area contributed by atoms with Crippen molar-refractivity contribution in [2.24, 2.45) is 0 Å². The van der Waals surface area contributed by atoms with Crippen molar-refractivity contribution < 1.29 is 22.7 Å². The van der Waals surface area contributed by atoms with E-state index in [1.165, 1.54) is 6.20 Å². The minimum Gasteiger partial charge on any atom is -0.486 e. The van der Waals surface area contributed by atoms with Gasteiger partial charge in [-0.2, -0.15) is 18.3 Å². The van der Waals surface area contributed by atoms with E-state index >= 15 is 0 Å². The number of ether oxygens (including phenoxy) is 1. The number of nitrogens with zero attached hydrogens (tertiary/aromatic N) is 5. The number of aryl methyl sites for hydroxylation is 2. The third-order valence-electron chi connectivity index (χ3n) is 5.75. The molecule has 1 saturated heterocycles. The van der Waals surface area contributed by atoms with E-state index in [0.717, 1.165) is 28.7 Å². The van der Waals surface area contributed by atoms with Gasteiger partial charge in [0.15, 0.2) is 5.65 Å². The van der Waals surface area contributed by atoms with Crippen molar-refractivity contribution in [3.63, 3.8) is 0 Å². The zero-order valence-electron chi connectivity index (χ0n) is 18.9. The van der Waals surface area contributed by atoms with Gasteiger partial charge in [-0.3, -0.25) is 9.78 Å². The predicted molar refractivity (Wildman–Crippen MR) is 123 cm³/mol. The molecule has 1 aliphatic rings. The Labute approximate surface area is 198 Å². The predicted octanol–water partition coefficient (Wildman–Crippen LogP) is 4.28. The Morgan fingerprint density at radius 1 is 1.11 bits per heavy atom. The molecule has 180 valence electrons. The number of benzene rings is 1. The molecule has 0 aliphatic carbocycles. The first-order valence-corrected chi connectivity index (χ1v) is 10.8. The second-order valence-electron chi connectivity index (χ2n) is 8.41. The molecule has 1 aliphatic heterocycles. The lowest BCUT2D eigenvalue weighted by Crippen LogP contribution is -2.54. The highest BCUT2D eigenvalue weighted by Crippen LogP contribution is 2.31. The molecular formula is C24H21F3N6O2. The molecule has 0 atom stereocenters. The number of hydrogen-bond donors (Lipinski definition) is 1. The normalized spacial score (nSPS) is 14.1. The molecule has 1 amide bonds. The topological polar surface area (TPSA) is 84.7 Å². The Morgan fingerprint density at radius 3 is 2.69 bits per heavy atom. The molecule has 0 bridgehead atoms. The number of anilines is 2. The lowest BCUT2D eigenvalue weighted by molar-refractivity contribution is -0.137. The maximum atomic E-state index is 12.9. The van der Waals surface area contributed by atoms with E-state index in [1.54, 1.807) is 28.9 Å². The molecule has 1 N–H and O–H groups in total. The molecule has 3 aromatic heterocycles. The van der Waals surface area contributed by atoms with Crippen LogP contribution in [0, 0.1) is 13.8 Å². The summed E-state index contributed by atoms with van der Waals surface area (Å²) in [4.78, 5) is 22.9. The average Bonchev–Trinajstić information content (AvgIpc) is 3.19. The van der Waals surface area contributed by atoms with Gasteiger partial charge in [-0.25, -0.2) is 9.50 Å². The second kappa shape index (κ2) is 8.57. The van der Waals surface area contributed by atoms with Gasteiger partial charge in [0.25, 0.3) is 5.91 Å². The Balaban J connectivity index is 1.25. The number of carbonyl (C=O) groups excluding carboxylic acids is 1. The molecule has 0 spiro atoms. The molecule has 8 nitrogen and oxygen atoms in total. The zero-order valence-corrected chi connectivity index (χ0v) is 18.9. The summed E-state index contributed by atoms with van der Waals surface area (Å²) in [5.41, 5.74) is 2.74. The van der Waals surface area contributed by atoms with E-state index < -0.39 is 17.6 Å². The van der Waals surface area contributed by atoms with Crippen molar-refractivity contribution in [2.75, 3.05) is 23.3 Å². The van der Waals surface area contributed by atoms with Crippen LogP contribution >= 0.6 is 0 Å². The fourth-order valence-corrected chi connectivity index (χ4v) is 3.79. The molecule has 0 unspecified atom stereocenters. The van der Waals surface area contributed by atoms with Crippen molar-refractivity contribution in [2.45, 2.75) is 26.1 Å². The number of carbonyl (C=O) groups is 1. The number of pyridine rings is 1. The molecule has 4 aromatic rings. The number of aromatic nitrogens is 4. The number of fused-ring (bicyclic) bond motifs is 1. The molecule has 5 rings (SSSR count). The number of nitrogens with one attached hydrogen (secondary N) is 1. The van der Waals surface area contributed by atoms with E-state index in [0.29, 0.717) is 25.0 Å². The van der Waals surface area contributed by atoms with Gasteiger partial charge in [-0.1, -0.05) is 6.07 Å². The molecule has 0 saturated carbocycles. The van der Waals surface area contributed by atoms with Gasteiger partial charge in [-0.15, -0.1) is 0 Å². The van der Waals surface area contributed by atoms with Crippen LogP contribution in [0.5, 0.6) is 5.75 Å². The molecule has 1 aromatic carbocycles. The Bertz CT molecular complexity index is 1410. The maximum Gasteiger partial charge on any atom is 0.417 e. The van der Waals surface area contributed by atoms with E-state index in [-0.39, 0.29) is 17.4 Å². The molecule has 1 fully saturated rings. The Hall–Kier alpha value is -4.15. The van der Waals surface area contributed by atoms with Crippen molar-refractivity contribution in [1.82, 2.24) is 19.6 Å². The molecule has 0 radical (unpaired) electrons. The van der Waals surface area contributed by atoms with Gasteiger partial charge < -0.3 is 15.0 Å². The summed E-state index contributed by atoms with van der Waals surface area (Å²) in [6.07, 6.45) is 0.867. The monoisotopic (exact) mass is 482 g/mol. The van der Waals surface area contributed by atoms with Crippen LogP contribution in [-0.2, 0) is 6.18 Å². The number of hydrogen-bond acceptors (Lipinski definition) is 6. The zero-order chi connectivity index (χ0) is 24.7. The largest absolute Gasteiger partial charge is 0.486 e. The van der Waals surface area contributed by atoms with E-state index in [1.807, 2.05) is 26.1 Å². The van der Waals surface area contributed by atoms with Crippen LogP contribution in [0.15, 0.2) is 55.1 Å². The first kappa shape index (κ1) is 22.6. The number of halogens is 3. The summed E-state index contributed by atoms with van der Waals surface area (Å²) < 4.78 is 46.6. The number of rotatable bonds is 5. The van der Waals surface area contributed by atoms with Gasteiger partial charge >= 0.3 is 6.18 Å². The Morgan fingerprint density at radius 2 is 1.91 bits per heavy atom. The van der Waals surface area contributed by atoms with Crippen LogP contribution in [0.3, 0.4) is 0 Å². The van der Waals surface area contributed by atoms with Crippen LogP contribution in [0.25, 0.3) is 5.65 Å². The van der Waals surface area contributed by atoms with Crippen molar-refractivity contribution in [3.05, 3.63) is 77.5 Å². The minimum absolute atomic E-state index is 0.0419. The summed E-state index contributed by atoms with van der Waals surface area (Å²) in [7, 11) is 0. The van der Waals surface area contributed by atoms with Crippen molar-refractivity contribution in [3.8, 4) is 5.75 Å². The fourth-order valence-electron chi connectivity index (χ4n) is 3.79. The maximum absolute atomic E-state index is 12.9. The lowest BCUT2D eigenvalue weighted by atomic mass is 10.1. The van der Waals surface area contributed by atoms with Crippen molar-refractivity contribution >= 4 is 22.9 Å². The smallest absolute Gasteiger partial charge is 0.417 e. The fraction of sp³-hybridized carbons (Fsp3) is 0.250. The highest BCUT2D eigenvalue weighted by Gasteiger charge is 2.32. The van der Waals surface area contributed by atoms with E-state index in [2.05, 4.69) is 25.3 Å². The second-order valence-corrected chi connectivity index (χ2v) is 8.41. The first-order chi connectivity index (χ1) is 16.7. The first-order valence-electron chi connectivity index (χ1n) is 10.8. The van der Waals surface area contributed by atoms with Crippen LogP contribution in [0.2, 0.25) is 0 Å². The summed E-state index contributed by atoms with van der Waals surface area (Å²) >= 11 is 0. The average molecular weight is 482 g/mol. The SMILES string of the molecule is Cc1ccn2ncc(N3CC(Oc4cc(C(=O)Nc5cncc(C(F)(F)F)c5)ccc4C)C3)c2n1. The van der Waals surface area contributed by atoms with Gasteiger partial charge in [0, 0.05) is 23.7 Å². The molecular weight excluding hydrogens is 461 g/mol. The molecule has 35 heavy (non-hydrogen) atoms. The third kappa shape index (κ3) is 4.61. The van der Waals surface area contributed by atoms with E-state index in [9.17, 15) is 18.0 Å². The standard InChI is InChI=1S/C24H21F3N6O2/c1-14-3-4-16(23(34)31-18-8-17(9-28-10-18)24(25,26)27)7-21(14)35-19-12-32(13-19)20-11-29-33-6-5-15(2)30-22(20)33/h3-11,19H,12-13H2,1-2H3,(H,31,34). The number of alkyl halides is 3. The quantitative estimate of drug-likeness (QED) is 0.457. The molecule has 4 heterocycles. The van der Waals surface area contributed by atoms with Gasteiger partial charge in [0.2, 0.25) is 0 Å². The van der Waals surface area contributed by atoms with E-state index in [4.69, 9.17) is 4.74 Å². The van der Waals surface area contributed by atoms with Gasteiger partial charge in [-0.05, 0) is 43.7 Å².